The van der Waals surface area contributed by atoms with Crippen molar-refractivity contribution in [3.05, 3.63) is 0 Å². The third-order valence-corrected chi connectivity index (χ3v) is 6.53. The van der Waals surface area contributed by atoms with Gasteiger partial charge in [-0.1, -0.05) is 19.8 Å². The van der Waals surface area contributed by atoms with E-state index in [-0.39, 0.29) is 5.25 Å². The minimum absolute atomic E-state index is 0.106. The molecule has 94 valence electrons. The summed E-state index contributed by atoms with van der Waals surface area (Å²) in [7, 11) is -2.77. The van der Waals surface area contributed by atoms with E-state index in [0.29, 0.717) is 18.3 Å². The minimum Gasteiger partial charge on any atom is -0.312 e. The first-order valence-electron chi connectivity index (χ1n) is 6.58. The van der Waals surface area contributed by atoms with Gasteiger partial charge in [-0.25, -0.2) is 8.42 Å². The van der Waals surface area contributed by atoms with E-state index in [9.17, 15) is 8.42 Å². The average Bonchev–Trinajstić information content (AvgIpc) is 2.81. The molecule has 16 heavy (non-hydrogen) atoms. The summed E-state index contributed by atoms with van der Waals surface area (Å²) in [5.74, 6) is 1.17. The van der Waals surface area contributed by atoms with Gasteiger partial charge >= 0.3 is 0 Å². The Morgan fingerprint density at radius 2 is 2.00 bits per heavy atom. The van der Waals surface area contributed by atoms with Gasteiger partial charge in [0.2, 0.25) is 0 Å². The zero-order valence-corrected chi connectivity index (χ0v) is 10.9. The molecule has 3 atom stereocenters. The first kappa shape index (κ1) is 12.4. The highest BCUT2D eigenvalue weighted by Crippen LogP contribution is 2.28. The summed E-state index contributed by atoms with van der Waals surface area (Å²) >= 11 is 0. The lowest BCUT2D eigenvalue weighted by atomic mass is 10.0. The fourth-order valence-corrected chi connectivity index (χ4v) is 4.94. The topological polar surface area (TPSA) is 46.2 Å². The van der Waals surface area contributed by atoms with Gasteiger partial charge in [0.25, 0.3) is 0 Å². The molecule has 0 spiro atoms. The lowest BCUT2D eigenvalue weighted by molar-refractivity contribution is 0.388. The SMILES string of the molecule is CCC1CCCC1NCC1CCCS1(=O)=O. The second kappa shape index (κ2) is 5.05. The highest BCUT2D eigenvalue weighted by atomic mass is 32.2. The molecule has 0 aromatic heterocycles. The molecule has 4 heteroatoms. The Hall–Kier alpha value is -0.0900. The molecule has 1 N–H and O–H groups in total. The van der Waals surface area contributed by atoms with Crippen LogP contribution in [0, 0.1) is 5.92 Å². The average molecular weight is 245 g/mol. The second-order valence-electron chi connectivity index (χ2n) is 5.25. The van der Waals surface area contributed by atoms with Gasteiger partial charge in [0.05, 0.1) is 11.0 Å². The summed E-state index contributed by atoms with van der Waals surface area (Å²) in [4.78, 5) is 0. The van der Waals surface area contributed by atoms with Crippen molar-refractivity contribution in [2.45, 2.75) is 56.7 Å². The zero-order valence-electron chi connectivity index (χ0n) is 10.1. The lowest BCUT2D eigenvalue weighted by Gasteiger charge is -2.21. The van der Waals surface area contributed by atoms with Gasteiger partial charge < -0.3 is 5.32 Å². The molecule has 3 unspecified atom stereocenters. The van der Waals surface area contributed by atoms with Crippen LogP contribution in [0.1, 0.15) is 45.4 Å². The number of hydrogen-bond acceptors (Lipinski definition) is 3. The molecular weight excluding hydrogens is 222 g/mol. The molecule has 1 saturated carbocycles. The quantitative estimate of drug-likeness (QED) is 0.820. The van der Waals surface area contributed by atoms with Crippen molar-refractivity contribution in [1.29, 1.82) is 0 Å². The molecular formula is C12H23NO2S. The summed E-state index contributed by atoms with van der Waals surface area (Å²) in [6.07, 6.45) is 6.77. The van der Waals surface area contributed by atoms with E-state index in [4.69, 9.17) is 0 Å². The number of nitrogens with one attached hydrogen (secondary N) is 1. The smallest absolute Gasteiger partial charge is 0.154 e. The maximum Gasteiger partial charge on any atom is 0.154 e. The van der Waals surface area contributed by atoms with Crippen LogP contribution in [0.3, 0.4) is 0 Å². The van der Waals surface area contributed by atoms with Crippen molar-refractivity contribution in [1.82, 2.24) is 5.32 Å². The van der Waals surface area contributed by atoms with E-state index in [1.807, 2.05) is 0 Å². The molecule has 2 aliphatic rings. The van der Waals surface area contributed by atoms with Crippen molar-refractivity contribution < 1.29 is 8.42 Å². The maximum absolute atomic E-state index is 11.7. The molecule has 1 aliphatic carbocycles. The zero-order chi connectivity index (χ0) is 11.6. The lowest BCUT2D eigenvalue weighted by Crippen LogP contribution is -2.39. The monoisotopic (exact) mass is 245 g/mol. The van der Waals surface area contributed by atoms with Crippen molar-refractivity contribution in [2.24, 2.45) is 5.92 Å². The summed E-state index contributed by atoms with van der Waals surface area (Å²) in [5, 5.41) is 3.40. The molecule has 2 fully saturated rings. The summed E-state index contributed by atoms with van der Waals surface area (Å²) < 4.78 is 23.4. The molecule has 1 aliphatic heterocycles. The predicted octanol–water partition coefficient (Wildman–Crippen LogP) is 1.73. The fraction of sp³-hybridized carbons (Fsp3) is 1.00. The molecule has 0 radical (unpaired) electrons. The highest BCUT2D eigenvalue weighted by molar-refractivity contribution is 7.92. The van der Waals surface area contributed by atoms with Gasteiger partial charge in [-0.3, -0.25) is 0 Å². The normalized spacial score (nSPS) is 37.9. The van der Waals surface area contributed by atoms with Crippen molar-refractivity contribution in [2.75, 3.05) is 12.3 Å². The van der Waals surface area contributed by atoms with E-state index < -0.39 is 9.84 Å². The van der Waals surface area contributed by atoms with Crippen LogP contribution < -0.4 is 5.32 Å². The largest absolute Gasteiger partial charge is 0.312 e. The van der Waals surface area contributed by atoms with Crippen LogP contribution >= 0.6 is 0 Å². The van der Waals surface area contributed by atoms with Gasteiger partial charge in [0.1, 0.15) is 0 Å². The van der Waals surface area contributed by atoms with Crippen LogP contribution in [0.2, 0.25) is 0 Å². The van der Waals surface area contributed by atoms with E-state index >= 15 is 0 Å². The number of sulfone groups is 1. The predicted molar refractivity (Wildman–Crippen MR) is 66.2 cm³/mol. The first-order valence-corrected chi connectivity index (χ1v) is 8.30. The van der Waals surface area contributed by atoms with Gasteiger partial charge in [-0.05, 0) is 31.6 Å². The molecule has 0 amide bonds. The van der Waals surface area contributed by atoms with Crippen LogP contribution in [0.15, 0.2) is 0 Å². The summed E-state index contributed by atoms with van der Waals surface area (Å²) in [5.41, 5.74) is 0. The van der Waals surface area contributed by atoms with Crippen molar-refractivity contribution >= 4 is 9.84 Å². The van der Waals surface area contributed by atoms with Crippen LogP contribution in [-0.2, 0) is 9.84 Å². The van der Waals surface area contributed by atoms with E-state index in [1.54, 1.807) is 0 Å². The second-order valence-corrected chi connectivity index (χ2v) is 7.65. The Labute approximate surface area is 98.9 Å². The number of rotatable bonds is 4. The first-order chi connectivity index (χ1) is 7.63. The Morgan fingerprint density at radius 1 is 1.19 bits per heavy atom. The summed E-state index contributed by atoms with van der Waals surface area (Å²) in [6, 6.07) is 0.570. The van der Waals surface area contributed by atoms with E-state index in [0.717, 1.165) is 18.8 Å². The van der Waals surface area contributed by atoms with Crippen LogP contribution in [0.5, 0.6) is 0 Å². The van der Waals surface area contributed by atoms with Crippen LogP contribution in [-0.4, -0.2) is 32.0 Å². The molecule has 2 rings (SSSR count). The standard InChI is InChI=1S/C12H23NO2S/c1-2-10-5-3-7-12(10)13-9-11-6-4-8-16(11,14)15/h10-13H,2-9H2,1H3. The Morgan fingerprint density at radius 3 is 2.62 bits per heavy atom. The highest BCUT2D eigenvalue weighted by Gasteiger charge is 2.33. The molecule has 3 nitrogen and oxygen atoms in total. The van der Waals surface area contributed by atoms with Crippen LogP contribution in [0.25, 0.3) is 0 Å². The molecule has 1 saturated heterocycles. The Kier molecular flexibility index (Phi) is 3.90. The molecule has 1 heterocycles. The van der Waals surface area contributed by atoms with Crippen molar-refractivity contribution in [3.8, 4) is 0 Å². The summed E-state index contributed by atoms with van der Waals surface area (Å²) in [6.45, 7) is 2.92. The van der Waals surface area contributed by atoms with Gasteiger partial charge in [-0.15, -0.1) is 0 Å². The van der Waals surface area contributed by atoms with Gasteiger partial charge in [0.15, 0.2) is 9.84 Å². The van der Waals surface area contributed by atoms with E-state index in [1.165, 1.54) is 25.7 Å². The van der Waals surface area contributed by atoms with Crippen molar-refractivity contribution in [3.63, 3.8) is 0 Å². The minimum atomic E-state index is -2.77. The third kappa shape index (κ3) is 2.59. The van der Waals surface area contributed by atoms with E-state index in [2.05, 4.69) is 12.2 Å². The van der Waals surface area contributed by atoms with Crippen LogP contribution in [0.4, 0.5) is 0 Å². The fourth-order valence-electron chi connectivity index (χ4n) is 3.16. The molecule has 0 bridgehead atoms. The molecule has 0 aromatic rings. The van der Waals surface area contributed by atoms with Gasteiger partial charge in [-0.2, -0.15) is 0 Å². The Balaban J connectivity index is 1.83. The number of hydrogen-bond donors (Lipinski definition) is 1. The maximum atomic E-state index is 11.7. The molecule has 0 aromatic carbocycles. The third-order valence-electron chi connectivity index (χ3n) is 4.25. The Bertz CT molecular complexity index is 326. The van der Waals surface area contributed by atoms with Gasteiger partial charge in [0, 0.05) is 12.6 Å².